The topological polar surface area (TPSA) is 52.6 Å². The van der Waals surface area contributed by atoms with Gasteiger partial charge < -0.3 is 9.47 Å². The summed E-state index contributed by atoms with van der Waals surface area (Å²) in [7, 11) is 0. The van der Waals surface area contributed by atoms with Gasteiger partial charge in [-0.05, 0) is 43.4 Å². The molecule has 1 aliphatic rings. The van der Waals surface area contributed by atoms with Gasteiger partial charge in [-0.3, -0.25) is 9.59 Å². The molecule has 0 aromatic rings. The Balaban J connectivity index is 2.46. The van der Waals surface area contributed by atoms with Gasteiger partial charge in [-0.1, -0.05) is 53.2 Å². The van der Waals surface area contributed by atoms with Crippen LogP contribution in [0.2, 0.25) is 0 Å². The van der Waals surface area contributed by atoms with Gasteiger partial charge in [-0.2, -0.15) is 0 Å². The van der Waals surface area contributed by atoms with E-state index in [1.807, 2.05) is 12.2 Å². The van der Waals surface area contributed by atoms with Crippen LogP contribution in [0.1, 0.15) is 73.1 Å². The average molecular weight is 353 g/mol. The van der Waals surface area contributed by atoms with Crippen molar-refractivity contribution >= 4 is 11.9 Å². The molecular formula is C21H36O4. The summed E-state index contributed by atoms with van der Waals surface area (Å²) in [5.41, 5.74) is 0.283. The lowest BCUT2D eigenvalue weighted by molar-refractivity contribution is -0.159. The zero-order valence-electron chi connectivity index (χ0n) is 16.7. The molecule has 0 aromatic carbocycles. The Hall–Kier alpha value is -1.32. The van der Waals surface area contributed by atoms with E-state index in [0.29, 0.717) is 25.6 Å². The number of carbonyl (C=O) groups is 2. The summed E-state index contributed by atoms with van der Waals surface area (Å²) in [6, 6.07) is 0. The van der Waals surface area contributed by atoms with Crippen molar-refractivity contribution in [2.75, 3.05) is 13.2 Å². The Labute approximate surface area is 153 Å². The zero-order chi connectivity index (χ0) is 18.9. The van der Waals surface area contributed by atoms with Crippen LogP contribution in [0.25, 0.3) is 0 Å². The van der Waals surface area contributed by atoms with Crippen molar-refractivity contribution in [2.45, 2.75) is 73.1 Å². The van der Waals surface area contributed by atoms with Gasteiger partial charge in [0.15, 0.2) is 0 Å². The van der Waals surface area contributed by atoms with Crippen molar-refractivity contribution in [3.05, 3.63) is 12.2 Å². The van der Waals surface area contributed by atoms with Crippen molar-refractivity contribution in [2.24, 2.45) is 23.2 Å². The minimum atomic E-state index is -0.495. The molecule has 0 saturated heterocycles. The largest absolute Gasteiger partial charge is 0.465 e. The van der Waals surface area contributed by atoms with Crippen LogP contribution in [0.4, 0.5) is 0 Å². The minimum Gasteiger partial charge on any atom is -0.465 e. The van der Waals surface area contributed by atoms with E-state index in [9.17, 15) is 9.59 Å². The molecule has 0 heterocycles. The molecule has 144 valence electrons. The molecule has 3 atom stereocenters. The predicted octanol–water partition coefficient (Wildman–Crippen LogP) is 4.92. The molecule has 25 heavy (non-hydrogen) atoms. The molecule has 0 radical (unpaired) electrons. The van der Waals surface area contributed by atoms with E-state index in [-0.39, 0.29) is 17.4 Å². The quantitative estimate of drug-likeness (QED) is 0.336. The summed E-state index contributed by atoms with van der Waals surface area (Å²) in [6.45, 7) is 11.8. The molecule has 1 rings (SSSR count). The minimum absolute atomic E-state index is 0.259. The highest BCUT2D eigenvalue weighted by Crippen LogP contribution is 2.28. The first-order valence-electron chi connectivity index (χ1n) is 9.74. The summed E-state index contributed by atoms with van der Waals surface area (Å²) in [6.07, 6.45) is 9.02. The highest BCUT2D eigenvalue weighted by atomic mass is 16.5. The van der Waals surface area contributed by atoms with Gasteiger partial charge in [0.25, 0.3) is 0 Å². The van der Waals surface area contributed by atoms with Crippen LogP contribution in [0.5, 0.6) is 0 Å². The number of hydrogen-bond acceptors (Lipinski definition) is 4. The smallest absolute Gasteiger partial charge is 0.313 e. The Morgan fingerprint density at radius 2 is 1.84 bits per heavy atom. The number of carbonyl (C=O) groups excluding carboxylic acids is 2. The standard InChI is InChI=1S/C21H36O4/c1-6-7-13-24-19(22)17-10-8-9-11-18(17)20(23)25-14-12-16(2)15-21(3,4)5/h8,10,16-18H,6-7,9,11-15H2,1-5H3. The van der Waals surface area contributed by atoms with Crippen LogP contribution in [-0.4, -0.2) is 25.2 Å². The molecule has 1 aliphatic carbocycles. The average Bonchev–Trinajstić information content (AvgIpc) is 2.53. The highest BCUT2D eigenvalue weighted by Gasteiger charge is 2.35. The molecule has 4 heteroatoms. The first kappa shape index (κ1) is 21.7. The first-order valence-corrected chi connectivity index (χ1v) is 9.74. The SMILES string of the molecule is CCCCOC(=O)C1C=CCCC1C(=O)OCCC(C)CC(C)(C)C. The van der Waals surface area contributed by atoms with E-state index in [4.69, 9.17) is 9.47 Å². The summed E-state index contributed by atoms with van der Waals surface area (Å²) in [4.78, 5) is 24.7. The Morgan fingerprint density at radius 1 is 1.16 bits per heavy atom. The van der Waals surface area contributed by atoms with Crippen LogP contribution < -0.4 is 0 Å². The second-order valence-corrected chi connectivity index (χ2v) is 8.48. The summed E-state index contributed by atoms with van der Waals surface area (Å²) in [5, 5.41) is 0. The fraction of sp³-hybridized carbons (Fsp3) is 0.810. The van der Waals surface area contributed by atoms with Gasteiger partial charge in [0, 0.05) is 0 Å². The molecule has 0 spiro atoms. The maximum atomic E-state index is 12.4. The molecule has 0 saturated carbocycles. The predicted molar refractivity (Wildman–Crippen MR) is 100 cm³/mol. The number of ether oxygens (including phenoxy) is 2. The Bertz CT molecular complexity index is 447. The maximum Gasteiger partial charge on any atom is 0.313 e. The van der Waals surface area contributed by atoms with E-state index in [0.717, 1.165) is 32.1 Å². The lowest BCUT2D eigenvalue weighted by Gasteiger charge is -2.26. The van der Waals surface area contributed by atoms with Crippen molar-refractivity contribution in [1.29, 1.82) is 0 Å². The third-order valence-electron chi connectivity index (χ3n) is 4.55. The number of esters is 2. The summed E-state index contributed by atoms with van der Waals surface area (Å²) in [5.74, 6) is -0.951. The monoisotopic (exact) mass is 352 g/mol. The van der Waals surface area contributed by atoms with Crippen LogP contribution in [0.15, 0.2) is 12.2 Å². The second kappa shape index (κ2) is 10.6. The lowest BCUT2D eigenvalue weighted by atomic mass is 9.83. The highest BCUT2D eigenvalue weighted by molar-refractivity contribution is 5.83. The normalized spacial score (nSPS) is 21.6. The second-order valence-electron chi connectivity index (χ2n) is 8.48. The van der Waals surface area contributed by atoms with Gasteiger partial charge in [-0.15, -0.1) is 0 Å². The van der Waals surface area contributed by atoms with E-state index in [1.54, 1.807) is 0 Å². The summed E-state index contributed by atoms with van der Waals surface area (Å²) < 4.78 is 10.8. The van der Waals surface area contributed by atoms with E-state index >= 15 is 0 Å². The van der Waals surface area contributed by atoms with Crippen molar-refractivity contribution < 1.29 is 19.1 Å². The molecule has 0 N–H and O–H groups in total. The van der Waals surface area contributed by atoms with Crippen molar-refractivity contribution in [3.8, 4) is 0 Å². The van der Waals surface area contributed by atoms with Gasteiger partial charge >= 0.3 is 11.9 Å². The Kier molecular flexibility index (Phi) is 9.23. The third-order valence-corrected chi connectivity index (χ3v) is 4.55. The third kappa shape index (κ3) is 8.55. The first-order chi connectivity index (χ1) is 11.7. The summed E-state index contributed by atoms with van der Waals surface area (Å²) >= 11 is 0. The van der Waals surface area contributed by atoms with Gasteiger partial charge in [-0.25, -0.2) is 0 Å². The molecule has 0 aromatic heterocycles. The van der Waals surface area contributed by atoms with Gasteiger partial charge in [0.1, 0.15) is 0 Å². The zero-order valence-corrected chi connectivity index (χ0v) is 16.7. The molecule has 4 nitrogen and oxygen atoms in total. The molecule has 0 fully saturated rings. The fourth-order valence-corrected chi connectivity index (χ4v) is 3.37. The van der Waals surface area contributed by atoms with Gasteiger partial charge in [0.2, 0.25) is 0 Å². The van der Waals surface area contributed by atoms with E-state index in [2.05, 4.69) is 34.6 Å². The van der Waals surface area contributed by atoms with Crippen LogP contribution in [0.3, 0.4) is 0 Å². The number of unbranched alkanes of at least 4 members (excludes halogenated alkanes) is 1. The number of allylic oxidation sites excluding steroid dienone is 1. The molecule has 0 bridgehead atoms. The molecule has 0 aliphatic heterocycles. The molecule has 0 amide bonds. The van der Waals surface area contributed by atoms with Crippen LogP contribution >= 0.6 is 0 Å². The number of hydrogen-bond donors (Lipinski definition) is 0. The Morgan fingerprint density at radius 3 is 2.48 bits per heavy atom. The number of rotatable bonds is 9. The van der Waals surface area contributed by atoms with Gasteiger partial charge in [0.05, 0.1) is 25.0 Å². The van der Waals surface area contributed by atoms with Crippen molar-refractivity contribution in [3.63, 3.8) is 0 Å². The molecule has 3 unspecified atom stereocenters. The van der Waals surface area contributed by atoms with Crippen LogP contribution in [-0.2, 0) is 19.1 Å². The van der Waals surface area contributed by atoms with Crippen molar-refractivity contribution in [1.82, 2.24) is 0 Å². The molecular weight excluding hydrogens is 316 g/mol. The maximum absolute atomic E-state index is 12.4. The van der Waals surface area contributed by atoms with E-state index < -0.39 is 11.8 Å². The fourth-order valence-electron chi connectivity index (χ4n) is 3.37. The van der Waals surface area contributed by atoms with Crippen LogP contribution in [0, 0.1) is 23.2 Å². The van der Waals surface area contributed by atoms with E-state index in [1.165, 1.54) is 0 Å². The lowest BCUT2D eigenvalue weighted by Crippen LogP contribution is -2.33.